The van der Waals surface area contributed by atoms with Gasteiger partial charge in [-0.1, -0.05) is 53.7 Å². The summed E-state index contributed by atoms with van der Waals surface area (Å²) in [6.07, 6.45) is 2.08. The van der Waals surface area contributed by atoms with Gasteiger partial charge in [0, 0.05) is 24.9 Å². The number of hydrogen-bond acceptors (Lipinski definition) is 6. The van der Waals surface area contributed by atoms with Crippen LogP contribution in [0.5, 0.6) is 0 Å². The van der Waals surface area contributed by atoms with Gasteiger partial charge in [-0.15, -0.1) is 0 Å². The standard InChI is InChI=1S/C30H52N4O6/c1-27(2,3)23-31(13)21(35)19(33(23)25(37)39-29(7,8)9)17-15-16-18-20-22(36)32(14)24(28(4,5)6)34(20)26(38)40-30(10,11)12/h15-16,19-20,23-24H,17-18H2,1-14H3/b16-15-. The topological polar surface area (TPSA) is 99.7 Å². The summed E-state index contributed by atoms with van der Waals surface area (Å²) in [5.41, 5.74) is -2.24. The molecule has 2 rings (SSSR count). The monoisotopic (exact) mass is 564 g/mol. The molecule has 0 aliphatic carbocycles. The van der Waals surface area contributed by atoms with Crippen LogP contribution < -0.4 is 0 Å². The Morgan fingerprint density at radius 2 is 0.900 bits per heavy atom. The molecule has 2 saturated heterocycles. The number of nitrogens with zero attached hydrogens (tertiary/aromatic N) is 4. The normalized spacial score (nSPS) is 24.9. The minimum absolute atomic E-state index is 0.171. The van der Waals surface area contributed by atoms with Crippen molar-refractivity contribution >= 4 is 24.0 Å². The molecule has 2 aliphatic heterocycles. The Bertz CT molecular complexity index is 931. The van der Waals surface area contributed by atoms with E-state index in [1.165, 1.54) is 9.80 Å². The molecule has 2 heterocycles. The van der Waals surface area contributed by atoms with Gasteiger partial charge in [0.05, 0.1) is 0 Å². The van der Waals surface area contributed by atoms with Crippen molar-refractivity contribution in [1.82, 2.24) is 19.6 Å². The van der Waals surface area contributed by atoms with E-state index in [1.807, 2.05) is 53.7 Å². The molecule has 0 spiro atoms. The summed E-state index contributed by atoms with van der Waals surface area (Å²) in [6, 6.07) is -1.49. The first kappa shape index (κ1) is 33.4. The Kier molecular flexibility index (Phi) is 9.39. The molecule has 2 aliphatic rings. The Labute approximate surface area is 241 Å². The van der Waals surface area contributed by atoms with E-state index in [0.717, 1.165) is 0 Å². The second-order valence-corrected chi connectivity index (χ2v) is 15.1. The van der Waals surface area contributed by atoms with Gasteiger partial charge in [0.15, 0.2) is 0 Å². The lowest BCUT2D eigenvalue weighted by Gasteiger charge is -2.39. The summed E-state index contributed by atoms with van der Waals surface area (Å²) in [7, 11) is 3.41. The van der Waals surface area contributed by atoms with Crippen molar-refractivity contribution in [3.63, 3.8) is 0 Å². The molecule has 0 aromatic carbocycles. The smallest absolute Gasteiger partial charge is 0.412 e. The minimum atomic E-state index is -0.744. The van der Waals surface area contributed by atoms with Crippen LogP contribution in [0.3, 0.4) is 0 Å². The molecule has 40 heavy (non-hydrogen) atoms. The molecule has 4 atom stereocenters. The van der Waals surface area contributed by atoms with E-state index >= 15 is 0 Å². The number of rotatable bonds is 4. The fourth-order valence-electron chi connectivity index (χ4n) is 5.62. The van der Waals surface area contributed by atoms with Gasteiger partial charge in [-0.25, -0.2) is 9.59 Å². The van der Waals surface area contributed by atoms with Crippen LogP contribution in [-0.4, -0.2) is 93.3 Å². The van der Waals surface area contributed by atoms with E-state index in [9.17, 15) is 19.2 Å². The third kappa shape index (κ3) is 7.49. The zero-order valence-electron chi connectivity index (χ0n) is 27.1. The average molecular weight is 565 g/mol. The maximum absolute atomic E-state index is 13.3. The summed E-state index contributed by atoms with van der Waals surface area (Å²) < 4.78 is 11.4. The first-order valence-electron chi connectivity index (χ1n) is 14.1. The van der Waals surface area contributed by atoms with E-state index in [2.05, 4.69) is 0 Å². The molecule has 10 nitrogen and oxygen atoms in total. The molecule has 228 valence electrons. The van der Waals surface area contributed by atoms with Crippen molar-refractivity contribution in [2.24, 2.45) is 10.8 Å². The molecule has 4 unspecified atom stereocenters. The number of carbonyl (C=O) groups excluding carboxylic acids is 4. The van der Waals surface area contributed by atoms with E-state index < -0.39 is 58.6 Å². The number of ether oxygens (including phenoxy) is 2. The van der Waals surface area contributed by atoms with Gasteiger partial charge < -0.3 is 19.3 Å². The van der Waals surface area contributed by atoms with Crippen molar-refractivity contribution in [2.75, 3.05) is 14.1 Å². The predicted octanol–water partition coefficient (Wildman–Crippen LogP) is 5.22. The fraction of sp³-hybridized carbons (Fsp3) is 0.800. The largest absolute Gasteiger partial charge is 0.444 e. The first-order chi connectivity index (χ1) is 17.9. The predicted molar refractivity (Wildman–Crippen MR) is 154 cm³/mol. The molecule has 0 saturated carbocycles. The third-order valence-corrected chi connectivity index (χ3v) is 6.84. The molecular formula is C30H52N4O6. The highest BCUT2D eigenvalue weighted by Gasteiger charge is 2.53. The van der Waals surface area contributed by atoms with Gasteiger partial charge in [-0.2, -0.15) is 0 Å². The summed E-state index contributed by atoms with van der Waals surface area (Å²) in [5.74, 6) is -0.342. The zero-order valence-corrected chi connectivity index (χ0v) is 27.1. The summed E-state index contributed by atoms with van der Waals surface area (Å²) in [5, 5.41) is 0. The average Bonchev–Trinajstić information content (AvgIpc) is 3.14. The molecule has 2 fully saturated rings. The number of amides is 4. The lowest BCUT2D eigenvalue weighted by Crippen LogP contribution is -2.52. The maximum Gasteiger partial charge on any atom is 0.412 e. The van der Waals surface area contributed by atoms with Crippen molar-refractivity contribution in [2.45, 2.75) is 132 Å². The minimum Gasteiger partial charge on any atom is -0.444 e. The lowest BCUT2D eigenvalue weighted by molar-refractivity contribution is -0.130. The molecule has 0 aromatic rings. The molecular weight excluding hydrogens is 512 g/mol. The van der Waals surface area contributed by atoms with Gasteiger partial charge >= 0.3 is 12.2 Å². The molecule has 0 aromatic heterocycles. The number of carbonyl (C=O) groups is 4. The van der Waals surface area contributed by atoms with E-state index in [1.54, 1.807) is 65.4 Å². The second-order valence-electron chi connectivity index (χ2n) is 15.1. The van der Waals surface area contributed by atoms with Crippen LogP contribution in [0.15, 0.2) is 12.2 Å². The number of likely N-dealkylation sites (N-methyl/N-ethyl adjacent to an activating group) is 2. The second kappa shape index (κ2) is 11.2. The molecule has 10 heteroatoms. The van der Waals surface area contributed by atoms with Crippen LogP contribution in [0.1, 0.15) is 95.9 Å². The first-order valence-corrected chi connectivity index (χ1v) is 14.1. The van der Waals surface area contributed by atoms with Gasteiger partial charge in [0.25, 0.3) is 0 Å². The van der Waals surface area contributed by atoms with E-state index in [0.29, 0.717) is 0 Å². The molecule has 0 radical (unpaired) electrons. The van der Waals surface area contributed by atoms with Gasteiger partial charge in [0.2, 0.25) is 11.8 Å². The Morgan fingerprint density at radius 1 is 0.625 bits per heavy atom. The van der Waals surface area contributed by atoms with Crippen molar-refractivity contribution < 1.29 is 28.7 Å². The maximum atomic E-state index is 13.3. The van der Waals surface area contributed by atoms with Crippen LogP contribution in [0, 0.1) is 10.8 Å². The Balaban J connectivity index is 2.33. The molecule has 0 N–H and O–H groups in total. The van der Waals surface area contributed by atoms with Crippen LogP contribution in [-0.2, 0) is 19.1 Å². The molecule has 4 amide bonds. The highest BCUT2D eigenvalue weighted by molar-refractivity contribution is 5.90. The quantitative estimate of drug-likeness (QED) is 0.434. The Morgan fingerprint density at radius 3 is 1.12 bits per heavy atom. The van der Waals surface area contributed by atoms with Crippen molar-refractivity contribution in [3.05, 3.63) is 12.2 Å². The third-order valence-electron chi connectivity index (χ3n) is 6.84. The van der Waals surface area contributed by atoms with Gasteiger partial charge in [-0.05, 0) is 54.4 Å². The van der Waals surface area contributed by atoms with Crippen LogP contribution >= 0.6 is 0 Å². The van der Waals surface area contributed by atoms with E-state index in [4.69, 9.17) is 9.47 Å². The zero-order chi connectivity index (χ0) is 31.2. The summed E-state index contributed by atoms with van der Waals surface area (Å²) in [4.78, 5) is 59.5. The van der Waals surface area contributed by atoms with Crippen LogP contribution in [0.4, 0.5) is 9.59 Å². The summed E-state index contributed by atoms with van der Waals surface area (Å²) >= 11 is 0. The van der Waals surface area contributed by atoms with Gasteiger partial charge in [0.1, 0.15) is 35.6 Å². The fourth-order valence-corrected chi connectivity index (χ4v) is 5.62. The highest BCUT2D eigenvalue weighted by Crippen LogP contribution is 2.38. The summed E-state index contributed by atoms with van der Waals surface area (Å²) in [6.45, 7) is 22.7. The van der Waals surface area contributed by atoms with E-state index in [-0.39, 0.29) is 24.7 Å². The number of hydrogen-bond donors (Lipinski definition) is 0. The van der Waals surface area contributed by atoms with Crippen molar-refractivity contribution in [3.8, 4) is 0 Å². The Hall–Kier alpha value is -2.78. The van der Waals surface area contributed by atoms with Crippen LogP contribution in [0.2, 0.25) is 0 Å². The van der Waals surface area contributed by atoms with Gasteiger partial charge in [-0.3, -0.25) is 19.4 Å². The molecule has 0 bridgehead atoms. The highest BCUT2D eigenvalue weighted by atomic mass is 16.6. The lowest BCUT2D eigenvalue weighted by atomic mass is 9.91. The SMILES string of the molecule is CN1C(=O)C(C/C=C\CC2C(=O)N(C)C(C(C)(C)C)N2C(=O)OC(C)(C)C)N(C(=O)OC(C)(C)C)C1C(C)(C)C. The van der Waals surface area contributed by atoms with Crippen molar-refractivity contribution in [1.29, 1.82) is 0 Å². The van der Waals surface area contributed by atoms with Crippen LogP contribution in [0.25, 0.3) is 0 Å².